The fourth-order valence-corrected chi connectivity index (χ4v) is 6.48. The maximum Gasteiger partial charge on any atom is 0.446 e. The van der Waals surface area contributed by atoms with E-state index in [0.717, 1.165) is 68.0 Å². The molecule has 0 spiro atoms. The maximum atomic E-state index is 12.9. The molecule has 2 aliphatic rings. The predicted molar refractivity (Wildman–Crippen MR) is 143 cm³/mol. The van der Waals surface area contributed by atoms with Crippen molar-refractivity contribution in [3.63, 3.8) is 0 Å². The standard InChI is InChI=1S/C30H23F3NO4S.BrH/c1-35-23-8-7-20-21-12-18(11-16-3-5-19(6-4-16)39-30(31,32)33)26-25-17(13-24-29(26)38-15-37-24)9-10-34(27(21)25)14-22(20)28(23)36-2;/h3-8,12-14H,9-11,15H2,1-2H3;1H/q+1;/p-1. The SMILES string of the molecule is COc1ccc2c(c[n+]3c4c2cc(Cc2ccc(SC(F)(F)F)cc2)c2c5c(cc(c24)CC3)OCO5)c1OC.[Br-]. The Morgan fingerprint density at radius 3 is 2.45 bits per heavy atom. The average molecular weight is 630 g/mol. The van der Waals surface area contributed by atoms with Crippen molar-refractivity contribution >= 4 is 44.2 Å². The first-order valence-electron chi connectivity index (χ1n) is 12.5. The molecule has 0 unspecified atom stereocenters. The van der Waals surface area contributed by atoms with Crippen molar-refractivity contribution in [2.75, 3.05) is 21.0 Å². The highest BCUT2D eigenvalue weighted by molar-refractivity contribution is 8.00. The molecule has 0 radical (unpaired) electrons. The highest BCUT2D eigenvalue weighted by Crippen LogP contribution is 2.48. The van der Waals surface area contributed by atoms with Gasteiger partial charge in [-0.15, -0.1) is 0 Å². The minimum absolute atomic E-state index is 0. The molecule has 7 rings (SSSR count). The van der Waals surface area contributed by atoms with E-state index in [1.54, 1.807) is 26.4 Å². The number of nitrogens with zero attached hydrogens (tertiary/aromatic N) is 1. The van der Waals surface area contributed by atoms with E-state index in [9.17, 15) is 13.2 Å². The maximum absolute atomic E-state index is 12.9. The molecule has 2 aliphatic heterocycles. The van der Waals surface area contributed by atoms with Crippen molar-refractivity contribution in [2.24, 2.45) is 0 Å². The molecule has 1 aromatic heterocycles. The molecule has 0 atom stereocenters. The van der Waals surface area contributed by atoms with Crippen molar-refractivity contribution in [2.45, 2.75) is 29.8 Å². The molecule has 206 valence electrons. The molecule has 10 heteroatoms. The van der Waals surface area contributed by atoms with E-state index in [1.807, 2.05) is 6.07 Å². The van der Waals surface area contributed by atoms with Crippen LogP contribution in [0.2, 0.25) is 0 Å². The Balaban J connectivity index is 0.00000289. The number of hydrogen-bond donors (Lipinski definition) is 0. The molecule has 4 aromatic carbocycles. The molecule has 5 nitrogen and oxygen atoms in total. The number of methoxy groups -OCH3 is 2. The van der Waals surface area contributed by atoms with E-state index in [1.165, 1.54) is 17.7 Å². The molecular weight excluding hydrogens is 607 g/mol. The first kappa shape index (κ1) is 26.8. The first-order valence-corrected chi connectivity index (χ1v) is 13.3. The topological polar surface area (TPSA) is 40.8 Å². The molecule has 0 saturated carbocycles. The molecule has 0 saturated heterocycles. The number of halogens is 4. The third-order valence-electron chi connectivity index (χ3n) is 7.50. The Morgan fingerprint density at radius 1 is 0.925 bits per heavy atom. The lowest BCUT2D eigenvalue weighted by molar-refractivity contribution is -0.670. The van der Waals surface area contributed by atoms with Crippen LogP contribution in [-0.4, -0.2) is 26.5 Å². The van der Waals surface area contributed by atoms with Crippen molar-refractivity contribution < 1.29 is 53.7 Å². The number of aromatic nitrogens is 1. The number of hydrogen-bond acceptors (Lipinski definition) is 5. The largest absolute Gasteiger partial charge is 1.00 e. The first-order chi connectivity index (χ1) is 18.8. The summed E-state index contributed by atoms with van der Waals surface area (Å²) in [6.45, 7) is 0.954. The van der Waals surface area contributed by atoms with Crippen LogP contribution in [0.1, 0.15) is 16.7 Å². The van der Waals surface area contributed by atoms with Gasteiger partial charge in [0.1, 0.15) is 0 Å². The Labute approximate surface area is 242 Å². The number of thioether (sulfide) groups is 1. The molecule has 0 N–H and O–H groups in total. The van der Waals surface area contributed by atoms with Crippen LogP contribution in [0.15, 0.2) is 59.6 Å². The predicted octanol–water partition coefficient (Wildman–Crippen LogP) is 3.94. The zero-order chi connectivity index (χ0) is 26.9. The monoisotopic (exact) mass is 629 g/mol. The average Bonchev–Trinajstić information content (AvgIpc) is 3.39. The lowest BCUT2D eigenvalue weighted by Crippen LogP contribution is -3.00. The molecule has 0 fully saturated rings. The van der Waals surface area contributed by atoms with Crippen LogP contribution < -0.4 is 40.5 Å². The van der Waals surface area contributed by atoms with E-state index in [4.69, 9.17) is 18.9 Å². The highest BCUT2D eigenvalue weighted by Gasteiger charge is 2.32. The van der Waals surface area contributed by atoms with Gasteiger partial charge in [-0.1, -0.05) is 12.1 Å². The van der Waals surface area contributed by atoms with Gasteiger partial charge in [-0.05, 0) is 71.3 Å². The molecule has 0 amide bonds. The molecule has 40 heavy (non-hydrogen) atoms. The van der Waals surface area contributed by atoms with Crippen LogP contribution in [0, 0.1) is 0 Å². The zero-order valence-corrected chi connectivity index (χ0v) is 23.9. The van der Waals surface area contributed by atoms with Crippen LogP contribution in [-0.2, 0) is 19.4 Å². The van der Waals surface area contributed by atoms with E-state index in [-0.39, 0.29) is 40.4 Å². The Kier molecular flexibility index (Phi) is 6.65. The Bertz CT molecular complexity index is 1810. The summed E-state index contributed by atoms with van der Waals surface area (Å²) in [4.78, 5) is 0.164. The summed E-state index contributed by atoms with van der Waals surface area (Å²) in [5.74, 6) is 2.79. The lowest BCUT2D eigenvalue weighted by Gasteiger charge is -2.20. The number of pyridine rings is 1. The smallest absolute Gasteiger partial charge is 0.446 e. The molecule has 5 aromatic rings. The minimum Gasteiger partial charge on any atom is -1.00 e. The van der Waals surface area contributed by atoms with Crippen LogP contribution in [0.5, 0.6) is 23.0 Å². The van der Waals surface area contributed by atoms with Gasteiger partial charge in [0, 0.05) is 22.1 Å². The minimum atomic E-state index is -4.32. The van der Waals surface area contributed by atoms with Gasteiger partial charge >= 0.3 is 5.51 Å². The van der Waals surface area contributed by atoms with Crippen LogP contribution in [0.4, 0.5) is 13.2 Å². The van der Waals surface area contributed by atoms with Gasteiger partial charge in [0.25, 0.3) is 0 Å². The molecular formula is C30H23BrF3NO4S. The van der Waals surface area contributed by atoms with Gasteiger partial charge in [-0.3, -0.25) is 0 Å². The van der Waals surface area contributed by atoms with Crippen LogP contribution in [0.25, 0.3) is 32.4 Å². The second kappa shape index (κ2) is 9.92. The quantitative estimate of drug-likeness (QED) is 0.167. The van der Waals surface area contributed by atoms with Gasteiger partial charge in [0.15, 0.2) is 35.7 Å². The number of fused-ring (bicyclic) bond motifs is 4. The second-order valence-electron chi connectivity index (χ2n) is 9.65. The van der Waals surface area contributed by atoms with E-state index in [2.05, 4.69) is 29.0 Å². The summed E-state index contributed by atoms with van der Waals surface area (Å²) in [5.41, 5.74) is -0.0845. The number of rotatable bonds is 5. The van der Waals surface area contributed by atoms with Gasteiger partial charge < -0.3 is 35.9 Å². The second-order valence-corrected chi connectivity index (χ2v) is 10.8. The van der Waals surface area contributed by atoms with Gasteiger partial charge in [-0.2, -0.15) is 17.7 Å². The van der Waals surface area contributed by atoms with Crippen LogP contribution >= 0.6 is 11.8 Å². The van der Waals surface area contributed by atoms with Gasteiger partial charge in [0.05, 0.1) is 30.4 Å². The molecule has 0 bridgehead atoms. The summed E-state index contributed by atoms with van der Waals surface area (Å²) in [5, 5.41) is 5.17. The van der Waals surface area contributed by atoms with Crippen molar-refractivity contribution in [1.82, 2.24) is 0 Å². The van der Waals surface area contributed by atoms with Crippen molar-refractivity contribution in [3.8, 4) is 23.0 Å². The number of ether oxygens (including phenoxy) is 4. The summed E-state index contributed by atoms with van der Waals surface area (Å²) >= 11 is -0.106. The number of alkyl halides is 3. The van der Waals surface area contributed by atoms with Crippen LogP contribution in [0.3, 0.4) is 0 Å². The Hall–Kier alpha value is -3.37. The third kappa shape index (κ3) is 4.28. The fourth-order valence-electron chi connectivity index (χ4n) is 5.94. The van der Waals surface area contributed by atoms with Gasteiger partial charge in [0.2, 0.25) is 12.3 Å². The number of benzene rings is 4. The van der Waals surface area contributed by atoms with E-state index in [0.29, 0.717) is 17.9 Å². The summed E-state index contributed by atoms with van der Waals surface area (Å²) < 4.78 is 64.0. The van der Waals surface area contributed by atoms with E-state index >= 15 is 0 Å². The Morgan fingerprint density at radius 2 is 1.73 bits per heavy atom. The molecule has 0 aliphatic carbocycles. The highest BCUT2D eigenvalue weighted by atomic mass is 79.9. The normalized spacial score (nSPS) is 13.7. The number of aryl methyl sites for hydroxylation is 2. The lowest BCUT2D eigenvalue weighted by atomic mass is 9.88. The zero-order valence-electron chi connectivity index (χ0n) is 21.5. The van der Waals surface area contributed by atoms with Crippen molar-refractivity contribution in [1.29, 1.82) is 0 Å². The summed E-state index contributed by atoms with van der Waals surface area (Å²) in [6, 6.07) is 14.8. The molecule has 3 heterocycles. The third-order valence-corrected chi connectivity index (χ3v) is 8.24. The summed E-state index contributed by atoms with van der Waals surface area (Å²) in [6.07, 6.45) is 3.47. The van der Waals surface area contributed by atoms with Crippen molar-refractivity contribution in [3.05, 3.63) is 71.4 Å². The summed E-state index contributed by atoms with van der Waals surface area (Å²) in [7, 11) is 3.27. The van der Waals surface area contributed by atoms with Gasteiger partial charge in [-0.25, -0.2) is 0 Å². The fraction of sp³-hybridized carbons (Fsp3) is 0.233. The van der Waals surface area contributed by atoms with E-state index < -0.39 is 5.51 Å².